The Balaban J connectivity index is 2.76. The molecule has 0 spiro atoms. The van der Waals surface area contributed by atoms with Crippen molar-refractivity contribution in [3.8, 4) is 0 Å². The maximum Gasteiger partial charge on any atom is 0.277 e. The van der Waals surface area contributed by atoms with Crippen LogP contribution in [0.5, 0.6) is 0 Å². The molecule has 1 rings (SSSR count). The van der Waals surface area contributed by atoms with Gasteiger partial charge in [0.2, 0.25) is 0 Å². The first-order valence-electron chi connectivity index (χ1n) is 10.6. The second-order valence-electron chi connectivity index (χ2n) is 7.85. The highest BCUT2D eigenvalue weighted by Crippen LogP contribution is 2.30. The van der Waals surface area contributed by atoms with Gasteiger partial charge in [-0.25, -0.2) is 0 Å². The van der Waals surface area contributed by atoms with Crippen molar-refractivity contribution < 1.29 is 9.47 Å². The standard InChI is InChI=1S/C25H40N2O2S2/c1-19(2)25(28-8)29-17-15-20(3)23(26(5)6)31-18-16-21(4)24(30-9)27(7)22-13-11-10-12-14-22/h10-14H,15-18H2,1-9H3/b23-20-,24-21-. The zero-order chi connectivity index (χ0) is 23.4. The van der Waals surface area contributed by atoms with Crippen molar-refractivity contribution in [2.45, 2.75) is 40.5 Å². The van der Waals surface area contributed by atoms with E-state index in [1.807, 2.05) is 37.4 Å². The number of benzene rings is 1. The number of rotatable bonds is 13. The van der Waals surface area contributed by atoms with Crippen LogP contribution in [0.2, 0.25) is 0 Å². The molecule has 6 heteroatoms. The first-order chi connectivity index (χ1) is 14.7. The van der Waals surface area contributed by atoms with Gasteiger partial charge in [0.15, 0.2) is 0 Å². The molecule has 0 aliphatic carbocycles. The summed E-state index contributed by atoms with van der Waals surface area (Å²) in [4.78, 5) is 4.50. The molecule has 0 N–H and O–H groups in total. The summed E-state index contributed by atoms with van der Waals surface area (Å²) in [5.74, 6) is 1.67. The lowest BCUT2D eigenvalue weighted by Gasteiger charge is -2.24. The molecule has 0 aromatic heterocycles. The molecule has 0 atom stereocenters. The van der Waals surface area contributed by atoms with Crippen LogP contribution >= 0.6 is 23.5 Å². The first kappa shape index (κ1) is 27.4. The fourth-order valence-corrected chi connectivity index (χ4v) is 5.26. The van der Waals surface area contributed by atoms with Gasteiger partial charge in [-0.15, -0.1) is 23.5 Å². The summed E-state index contributed by atoms with van der Waals surface area (Å²) in [6.45, 7) is 9.06. The third-order valence-electron chi connectivity index (χ3n) is 4.80. The Bertz CT molecular complexity index is 767. The predicted octanol–water partition coefficient (Wildman–Crippen LogP) is 6.94. The molecule has 0 bridgehead atoms. The van der Waals surface area contributed by atoms with Gasteiger partial charge in [0.25, 0.3) is 5.95 Å². The Hall–Kier alpha value is -1.66. The Morgan fingerprint density at radius 2 is 1.52 bits per heavy atom. The van der Waals surface area contributed by atoms with Gasteiger partial charge in [0, 0.05) is 44.6 Å². The fraction of sp³-hybridized carbons (Fsp3) is 0.520. The van der Waals surface area contributed by atoms with E-state index in [9.17, 15) is 0 Å². The SMILES string of the molecule is COC(OCC/C(C)=C(\SCC/C(C)=C(\SC)N(C)c1ccccc1)N(C)C)=C(C)C. The van der Waals surface area contributed by atoms with Crippen LogP contribution in [-0.2, 0) is 9.47 Å². The molecule has 0 fully saturated rings. The fourth-order valence-electron chi connectivity index (χ4n) is 3.22. The smallest absolute Gasteiger partial charge is 0.277 e. The lowest BCUT2D eigenvalue weighted by atomic mass is 10.2. The average molecular weight is 465 g/mol. The maximum atomic E-state index is 5.79. The summed E-state index contributed by atoms with van der Waals surface area (Å²) >= 11 is 3.73. The Morgan fingerprint density at radius 1 is 0.903 bits per heavy atom. The minimum atomic E-state index is 0.621. The van der Waals surface area contributed by atoms with Crippen molar-refractivity contribution in [2.24, 2.45) is 0 Å². The summed E-state index contributed by atoms with van der Waals surface area (Å²) in [6.07, 6.45) is 4.08. The van der Waals surface area contributed by atoms with Gasteiger partial charge < -0.3 is 19.3 Å². The molecule has 0 aliphatic rings. The van der Waals surface area contributed by atoms with Gasteiger partial charge >= 0.3 is 0 Å². The number of anilines is 1. The Morgan fingerprint density at radius 3 is 2.03 bits per heavy atom. The van der Waals surface area contributed by atoms with Gasteiger partial charge in [0.05, 0.1) is 23.8 Å². The molecular formula is C25H40N2O2S2. The number of ether oxygens (including phenoxy) is 2. The van der Waals surface area contributed by atoms with Crippen LogP contribution in [0.1, 0.15) is 40.5 Å². The van der Waals surface area contributed by atoms with Crippen molar-refractivity contribution in [1.29, 1.82) is 0 Å². The number of thioether (sulfide) groups is 2. The zero-order valence-electron chi connectivity index (χ0n) is 20.7. The number of allylic oxidation sites excluding steroid dienone is 2. The molecule has 0 saturated heterocycles. The minimum Gasteiger partial charge on any atom is -0.469 e. The number of methoxy groups -OCH3 is 1. The van der Waals surface area contributed by atoms with Crippen LogP contribution in [0.3, 0.4) is 0 Å². The van der Waals surface area contributed by atoms with E-state index in [0.29, 0.717) is 12.6 Å². The molecule has 0 radical (unpaired) electrons. The van der Waals surface area contributed by atoms with Crippen LogP contribution in [0.15, 0.2) is 63.1 Å². The number of hydrogen-bond donors (Lipinski definition) is 0. The summed E-state index contributed by atoms with van der Waals surface area (Å²) in [6, 6.07) is 10.5. The molecule has 0 unspecified atom stereocenters. The molecule has 0 heterocycles. The summed E-state index contributed by atoms with van der Waals surface area (Å²) in [7, 11) is 8.03. The molecule has 0 saturated carbocycles. The molecule has 0 aliphatic heterocycles. The van der Waals surface area contributed by atoms with E-state index in [1.54, 1.807) is 7.11 Å². The minimum absolute atomic E-state index is 0.621. The average Bonchev–Trinajstić information content (AvgIpc) is 2.74. The van der Waals surface area contributed by atoms with E-state index in [-0.39, 0.29) is 0 Å². The van der Waals surface area contributed by atoms with Crippen molar-refractivity contribution in [3.05, 3.63) is 63.1 Å². The predicted molar refractivity (Wildman–Crippen MR) is 140 cm³/mol. The van der Waals surface area contributed by atoms with E-state index < -0.39 is 0 Å². The highest BCUT2D eigenvalue weighted by molar-refractivity contribution is 8.03. The molecule has 0 amide bonds. The van der Waals surface area contributed by atoms with Crippen molar-refractivity contribution in [2.75, 3.05) is 51.8 Å². The van der Waals surface area contributed by atoms with Crippen LogP contribution in [0, 0.1) is 0 Å². The normalized spacial score (nSPS) is 12.5. The second-order valence-corrected chi connectivity index (χ2v) is 9.73. The monoisotopic (exact) mass is 464 g/mol. The largest absolute Gasteiger partial charge is 0.469 e. The van der Waals surface area contributed by atoms with Crippen LogP contribution in [-0.4, -0.2) is 51.8 Å². The third kappa shape index (κ3) is 9.16. The molecule has 31 heavy (non-hydrogen) atoms. The highest BCUT2D eigenvalue weighted by Gasteiger charge is 2.12. The van der Waals surface area contributed by atoms with E-state index in [4.69, 9.17) is 9.47 Å². The molecule has 1 aromatic carbocycles. The van der Waals surface area contributed by atoms with Gasteiger partial charge in [-0.1, -0.05) is 18.2 Å². The Kier molecular flexibility index (Phi) is 12.7. The molecular weight excluding hydrogens is 424 g/mol. The van der Waals surface area contributed by atoms with Gasteiger partial charge in [-0.05, 0) is 63.7 Å². The quantitative estimate of drug-likeness (QED) is 0.293. The van der Waals surface area contributed by atoms with Crippen molar-refractivity contribution >= 4 is 29.2 Å². The summed E-state index contributed by atoms with van der Waals surface area (Å²) < 4.78 is 11.1. The second kappa shape index (κ2) is 14.4. The van der Waals surface area contributed by atoms with Crippen LogP contribution in [0.4, 0.5) is 5.69 Å². The van der Waals surface area contributed by atoms with Gasteiger partial charge in [0.1, 0.15) is 0 Å². The van der Waals surface area contributed by atoms with Gasteiger partial charge in [-0.2, -0.15) is 0 Å². The molecule has 1 aromatic rings. The number of para-hydroxylation sites is 1. The molecule has 4 nitrogen and oxygen atoms in total. The van der Waals surface area contributed by atoms with E-state index in [0.717, 1.165) is 24.2 Å². The summed E-state index contributed by atoms with van der Waals surface area (Å²) in [5, 5.41) is 2.64. The van der Waals surface area contributed by atoms with Crippen LogP contribution in [0.25, 0.3) is 0 Å². The van der Waals surface area contributed by atoms with E-state index in [2.05, 4.69) is 81.4 Å². The highest BCUT2D eigenvalue weighted by atomic mass is 32.2. The number of nitrogens with zero attached hydrogens (tertiary/aromatic N) is 2. The number of hydrogen-bond acceptors (Lipinski definition) is 6. The van der Waals surface area contributed by atoms with Gasteiger partial charge in [-0.3, -0.25) is 0 Å². The Labute approximate surface area is 198 Å². The van der Waals surface area contributed by atoms with E-state index in [1.165, 1.54) is 26.9 Å². The zero-order valence-corrected chi connectivity index (χ0v) is 22.4. The topological polar surface area (TPSA) is 24.9 Å². The summed E-state index contributed by atoms with van der Waals surface area (Å²) in [5.41, 5.74) is 5.03. The van der Waals surface area contributed by atoms with Crippen LogP contribution < -0.4 is 4.90 Å². The van der Waals surface area contributed by atoms with Crippen molar-refractivity contribution in [3.63, 3.8) is 0 Å². The lowest BCUT2D eigenvalue weighted by Crippen LogP contribution is -2.16. The maximum absolute atomic E-state index is 5.79. The first-order valence-corrected chi connectivity index (χ1v) is 12.8. The van der Waals surface area contributed by atoms with Crippen molar-refractivity contribution in [1.82, 2.24) is 4.90 Å². The van der Waals surface area contributed by atoms with E-state index >= 15 is 0 Å². The lowest BCUT2D eigenvalue weighted by molar-refractivity contribution is 0.0595. The third-order valence-corrected chi connectivity index (χ3v) is 7.20. The molecule has 174 valence electrons.